The van der Waals surface area contributed by atoms with Gasteiger partial charge in [-0.25, -0.2) is 8.78 Å². The molecule has 4 heteroatoms. The van der Waals surface area contributed by atoms with Gasteiger partial charge in [-0.15, -0.1) is 11.8 Å². The predicted octanol–water partition coefficient (Wildman–Crippen LogP) is 3.36. The molecule has 1 heterocycles. The Balaban J connectivity index is 2.59. The highest BCUT2D eigenvalue weighted by Crippen LogP contribution is 2.45. The average Bonchev–Trinajstić information content (AvgIpc) is 2.26. The minimum Gasteiger partial charge on any atom is -0.313 e. The Morgan fingerprint density at radius 2 is 1.81 bits per heavy atom. The van der Waals surface area contributed by atoms with Crippen molar-refractivity contribution in [3.63, 3.8) is 0 Å². The normalized spacial score (nSPS) is 28.9. The van der Waals surface area contributed by atoms with Gasteiger partial charge in [0.2, 0.25) is 0 Å². The number of hydrogen-bond acceptors (Lipinski definition) is 2. The van der Waals surface area contributed by atoms with E-state index in [0.717, 1.165) is 0 Å². The lowest BCUT2D eigenvalue weighted by atomic mass is 9.91. The molecule has 0 amide bonds. The molecule has 16 heavy (non-hydrogen) atoms. The summed E-state index contributed by atoms with van der Waals surface area (Å²) in [5, 5.41) is 3.37. The first kappa shape index (κ1) is 11.9. The van der Waals surface area contributed by atoms with E-state index in [-0.39, 0.29) is 28.8 Å². The molecular weight excluding hydrogens is 228 g/mol. The molecular formula is C12H15F2NS. The lowest BCUT2D eigenvalue weighted by Crippen LogP contribution is -2.33. The van der Waals surface area contributed by atoms with E-state index in [1.807, 2.05) is 6.92 Å². The molecule has 0 spiro atoms. The third-order valence-electron chi connectivity index (χ3n) is 3.29. The minimum absolute atomic E-state index is 0.109. The van der Waals surface area contributed by atoms with Gasteiger partial charge in [0.25, 0.3) is 0 Å². The number of rotatable bonds is 1. The van der Waals surface area contributed by atoms with Crippen LogP contribution >= 0.6 is 11.8 Å². The van der Waals surface area contributed by atoms with Crippen LogP contribution in [-0.2, 0) is 0 Å². The summed E-state index contributed by atoms with van der Waals surface area (Å²) >= 11 is 1.42. The van der Waals surface area contributed by atoms with Crippen LogP contribution in [0, 0.1) is 17.6 Å². The molecule has 1 aromatic rings. The summed E-state index contributed by atoms with van der Waals surface area (Å²) < 4.78 is 27.4. The first-order valence-electron chi connectivity index (χ1n) is 5.38. The van der Waals surface area contributed by atoms with Crippen molar-refractivity contribution in [1.82, 2.24) is 5.32 Å². The number of thioether (sulfide) groups is 1. The third-order valence-corrected chi connectivity index (χ3v) is 4.74. The van der Waals surface area contributed by atoms with Crippen LogP contribution < -0.4 is 5.32 Å². The van der Waals surface area contributed by atoms with E-state index in [9.17, 15) is 8.78 Å². The highest BCUT2D eigenvalue weighted by molar-refractivity contribution is 8.00. The smallest absolute Gasteiger partial charge is 0.137 e. The predicted molar refractivity (Wildman–Crippen MR) is 62.6 cm³/mol. The molecule has 88 valence electrons. The van der Waals surface area contributed by atoms with Crippen molar-refractivity contribution in [3.05, 3.63) is 29.3 Å². The fraction of sp³-hybridized carbons (Fsp3) is 0.500. The average molecular weight is 243 g/mol. The highest BCUT2D eigenvalue weighted by atomic mass is 32.2. The Morgan fingerprint density at radius 1 is 1.19 bits per heavy atom. The van der Waals surface area contributed by atoms with Crippen LogP contribution in [0.1, 0.15) is 25.5 Å². The maximum Gasteiger partial charge on any atom is 0.137 e. The van der Waals surface area contributed by atoms with Gasteiger partial charge >= 0.3 is 0 Å². The molecule has 0 saturated carbocycles. The van der Waals surface area contributed by atoms with Crippen LogP contribution in [0.4, 0.5) is 8.78 Å². The number of hydrogen-bond donors (Lipinski definition) is 1. The quantitative estimate of drug-likeness (QED) is 0.811. The second-order valence-corrected chi connectivity index (χ2v) is 5.61. The minimum atomic E-state index is -0.319. The first-order chi connectivity index (χ1) is 7.56. The van der Waals surface area contributed by atoms with Crippen molar-refractivity contribution < 1.29 is 8.78 Å². The Hall–Kier alpha value is -0.610. The summed E-state index contributed by atoms with van der Waals surface area (Å²) in [5.41, 5.74) is 0.484. The van der Waals surface area contributed by atoms with Crippen LogP contribution in [0.5, 0.6) is 0 Å². The van der Waals surface area contributed by atoms with Gasteiger partial charge < -0.3 is 5.32 Å². The largest absolute Gasteiger partial charge is 0.313 e. The molecule has 0 saturated heterocycles. The van der Waals surface area contributed by atoms with Gasteiger partial charge in [-0.05, 0) is 25.1 Å². The summed E-state index contributed by atoms with van der Waals surface area (Å²) in [6.07, 6.45) is 0. The topological polar surface area (TPSA) is 12.0 Å². The summed E-state index contributed by atoms with van der Waals surface area (Å²) in [6, 6.07) is 2.31. The van der Waals surface area contributed by atoms with Gasteiger partial charge in [-0.3, -0.25) is 0 Å². The van der Waals surface area contributed by atoms with Gasteiger partial charge in [0.05, 0.1) is 4.90 Å². The van der Waals surface area contributed by atoms with Crippen LogP contribution in [0.2, 0.25) is 0 Å². The number of halogens is 2. The summed E-state index contributed by atoms with van der Waals surface area (Å²) in [5.74, 6) is -0.360. The van der Waals surface area contributed by atoms with Gasteiger partial charge in [-0.1, -0.05) is 13.8 Å². The Bertz CT molecular complexity index is 408. The highest BCUT2D eigenvalue weighted by Gasteiger charge is 2.34. The molecule has 0 aliphatic carbocycles. The van der Waals surface area contributed by atoms with E-state index < -0.39 is 0 Å². The summed E-state index contributed by atoms with van der Waals surface area (Å²) in [7, 11) is 1.79. The van der Waals surface area contributed by atoms with Crippen molar-refractivity contribution in [3.8, 4) is 0 Å². The first-order valence-corrected chi connectivity index (χ1v) is 6.26. The molecule has 2 rings (SSSR count). The molecule has 0 bridgehead atoms. The Kier molecular flexibility index (Phi) is 3.22. The molecule has 1 nitrogen and oxygen atoms in total. The lowest BCUT2D eigenvalue weighted by Gasteiger charge is -2.35. The van der Waals surface area contributed by atoms with E-state index in [1.165, 1.54) is 23.9 Å². The Morgan fingerprint density at radius 3 is 2.44 bits per heavy atom. The fourth-order valence-electron chi connectivity index (χ4n) is 2.19. The van der Waals surface area contributed by atoms with Crippen LogP contribution in [0.3, 0.4) is 0 Å². The SMILES string of the molecule is CNC1c2c(F)ccc(F)c2SC(C)C1C. The summed E-state index contributed by atoms with van der Waals surface area (Å²) in [6.45, 7) is 4.11. The van der Waals surface area contributed by atoms with Crippen molar-refractivity contribution in [2.75, 3.05) is 7.05 Å². The lowest BCUT2D eigenvalue weighted by molar-refractivity contribution is 0.375. The van der Waals surface area contributed by atoms with Gasteiger partial charge in [-0.2, -0.15) is 0 Å². The van der Waals surface area contributed by atoms with Gasteiger partial charge in [0.15, 0.2) is 0 Å². The van der Waals surface area contributed by atoms with E-state index in [2.05, 4.69) is 12.2 Å². The second-order valence-electron chi connectivity index (χ2n) is 4.22. The standard InChI is InChI=1S/C12H15F2NS/c1-6-7(2)16-12-9(14)5-4-8(13)10(12)11(6)15-3/h4-7,11,15H,1-3H3. The third kappa shape index (κ3) is 1.74. The van der Waals surface area contributed by atoms with E-state index in [0.29, 0.717) is 10.5 Å². The van der Waals surface area contributed by atoms with E-state index in [4.69, 9.17) is 0 Å². The second kappa shape index (κ2) is 4.34. The molecule has 3 unspecified atom stereocenters. The number of fused-ring (bicyclic) bond motifs is 1. The molecule has 1 aromatic carbocycles. The van der Waals surface area contributed by atoms with Crippen molar-refractivity contribution in [2.24, 2.45) is 5.92 Å². The Labute approximate surface area is 98.6 Å². The maximum atomic E-state index is 13.8. The molecule has 1 aliphatic heterocycles. The van der Waals surface area contributed by atoms with Crippen LogP contribution in [0.25, 0.3) is 0 Å². The molecule has 1 aliphatic rings. The van der Waals surface area contributed by atoms with Gasteiger partial charge in [0, 0.05) is 16.9 Å². The monoisotopic (exact) mass is 243 g/mol. The molecule has 0 fully saturated rings. The molecule has 0 aromatic heterocycles. The van der Waals surface area contributed by atoms with Crippen LogP contribution in [-0.4, -0.2) is 12.3 Å². The molecule has 3 atom stereocenters. The van der Waals surface area contributed by atoms with E-state index >= 15 is 0 Å². The van der Waals surface area contributed by atoms with Crippen molar-refractivity contribution in [1.29, 1.82) is 0 Å². The number of nitrogens with one attached hydrogen (secondary N) is 1. The van der Waals surface area contributed by atoms with Gasteiger partial charge in [0.1, 0.15) is 11.6 Å². The fourth-order valence-corrected chi connectivity index (χ4v) is 3.47. The zero-order valence-corrected chi connectivity index (χ0v) is 10.4. The van der Waals surface area contributed by atoms with Crippen molar-refractivity contribution in [2.45, 2.75) is 30.0 Å². The number of benzene rings is 1. The molecule has 1 N–H and O–H groups in total. The summed E-state index contributed by atoms with van der Waals surface area (Å²) in [4.78, 5) is 0.463. The zero-order valence-electron chi connectivity index (χ0n) is 9.55. The van der Waals surface area contributed by atoms with Crippen LogP contribution in [0.15, 0.2) is 17.0 Å². The van der Waals surface area contributed by atoms with Crippen molar-refractivity contribution >= 4 is 11.8 Å². The maximum absolute atomic E-state index is 13.8. The van der Waals surface area contributed by atoms with E-state index in [1.54, 1.807) is 7.05 Å². The molecule has 0 radical (unpaired) electrons. The zero-order chi connectivity index (χ0) is 11.9.